The number of hydrogen-bond acceptors (Lipinski definition) is 4. The van der Waals surface area contributed by atoms with Crippen LogP contribution < -0.4 is 10.2 Å². The molecule has 1 aliphatic heterocycles. The molecule has 1 N–H and O–H groups in total. The molecule has 2 heterocycles. The molecule has 4 rings (SSSR count). The van der Waals surface area contributed by atoms with Gasteiger partial charge in [0.05, 0.1) is 12.0 Å². The second-order valence-corrected chi connectivity index (χ2v) is 7.60. The van der Waals surface area contributed by atoms with Crippen LogP contribution in [0.2, 0.25) is 0 Å². The summed E-state index contributed by atoms with van der Waals surface area (Å²) in [4.78, 5) is 24.2. The largest absolute Gasteiger partial charge is 0.357 e. The first-order valence-electron chi connectivity index (χ1n) is 9.71. The number of nitrogens with zero attached hydrogens (tertiary/aromatic N) is 3. The summed E-state index contributed by atoms with van der Waals surface area (Å²) in [6.45, 7) is 4.32. The van der Waals surface area contributed by atoms with Crippen molar-refractivity contribution in [3.05, 3.63) is 53.2 Å². The fourth-order valence-electron chi connectivity index (χ4n) is 3.85. The number of aryl methyl sites for hydroxylation is 1. The zero-order chi connectivity index (χ0) is 18.9. The van der Waals surface area contributed by atoms with E-state index >= 15 is 0 Å². The van der Waals surface area contributed by atoms with E-state index in [4.69, 9.17) is 0 Å². The smallest absolute Gasteiger partial charge is 0.231 e. The SMILES string of the molecule is Cc1cc(N2CCCCC2)nc(CNC(=O)C2(c3ccc(F)cc3)CC2)n1. The lowest BCUT2D eigenvalue weighted by molar-refractivity contribution is -0.123. The normalized spacial score (nSPS) is 18.2. The standard InChI is InChI=1S/C21H25FN4O/c1-15-13-19(26-11-3-2-4-12-26)25-18(24-15)14-23-20(27)21(9-10-21)16-5-7-17(22)8-6-16/h5-8,13H,2-4,9-12,14H2,1H3,(H,23,27). The molecule has 142 valence electrons. The summed E-state index contributed by atoms with van der Waals surface area (Å²) in [6.07, 6.45) is 5.23. The van der Waals surface area contributed by atoms with Gasteiger partial charge in [0, 0.05) is 24.8 Å². The molecule has 1 amide bonds. The Morgan fingerprint density at radius 1 is 1.15 bits per heavy atom. The van der Waals surface area contributed by atoms with Crippen molar-refractivity contribution in [2.75, 3.05) is 18.0 Å². The van der Waals surface area contributed by atoms with Crippen LogP contribution in [0.1, 0.15) is 49.2 Å². The number of benzene rings is 1. The molecule has 2 fully saturated rings. The predicted molar refractivity (Wildman–Crippen MR) is 102 cm³/mol. The lowest BCUT2D eigenvalue weighted by Gasteiger charge is -2.28. The zero-order valence-electron chi connectivity index (χ0n) is 15.7. The van der Waals surface area contributed by atoms with Crippen LogP contribution >= 0.6 is 0 Å². The van der Waals surface area contributed by atoms with Gasteiger partial charge in [0.1, 0.15) is 17.5 Å². The lowest BCUT2D eigenvalue weighted by Crippen LogP contribution is -2.35. The molecule has 0 bridgehead atoms. The molecule has 2 aliphatic rings. The van der Waals surface area contributed by atoms with Gasteiger partial charge in [-0.3, -0.25) is 4.79 Å². The van der Waals surface area contributed by atoms with Gasteiger partial charge in [-0.1, -0.05) is 12.1 Å². The van der Waals surface area contributed by atoms with Crippen molar-refractivity contribution in [3.63, 3.8) is 0 Å². The molecule has 0 atom stereocenters. The Balaban J connectivity index is 1.44. The molecule has 1 saturated heterocycles. The van der Waals surface area contributed by atoms with Crippen molar-refractivity contribution in [2.24, 2.45) is 0 Å². The number of piperidine rings is 1. The van der Waals surface area contributed by atoms with Gasteiger partial charge in [0.2, 0.25) is 5.91 Å². The van der Waals surface area contributed by atoms with Crippen LogP contribution in [0.3, 0.4) is 0 Å². The minimum Gasteiger partial charge on any atom is -0.357 e. The summed E-state index contributed by atoms with van der Waals surface area (Å²) in [6, 6.07) is 8.26. The first-order valence-corrected chi connectivity index (χ1v) is 9.71. The number of hydrogen-bond donors (Lipinski definition) is 1. The van der Waals surface area contributed by atoms with E-state index < -0.39 is 5.41 Å². The van der Waals surface area contributed by atoms with E-state index in [1.54, 1.807) is 12.1 Å². The summed E-state index contributed by atoms with van der Waals surface area (Å²) in [5.41, 5.74) is 1.27. The first-order chi connectivity index (χ1) is 13.1. The quantitative estimate of drug-likeness (QED) is 0.880. The molecular weight excluding hydrogens is 343 g/mol. The van der Waals surface area contributed by atoms with Crippen molar-refractivity contribution >= 4 is 11.7 Å². The molecule has 0 radical (unpaired) electrons. The molecule has 1 saturated carbocycles. The highest BCUT2D eigenvalue weighted by molar-refractivity contribution is 5.91. The molecule has 0 spiro atoms. The highest BCUT2D eigenvalue weighted by Crippen LogP contribution is 2.48. The molecule has 1 aliphatic carbocycles. The minimum atomic E-state index is -0.521. The number of rotatable bonds is 5. The van der Waals surface area contributed by atoms with Gasteiger partial charge >= 0.3 is 0 Å². The number of amides is 1. The Labute approximate surface area is 159 Å². The monoisotopic (exact) mass is 368 g/mol. The van der Waals surface area contributed by atoms with E-state index in [0.29, 0.717) is 12.4 Å². The maximum atomic E-state index is 13.2. The number of nitrogens with one attached hydrogen (secondary N) is 1. The average Bonchev–Trinajstić information content (AvgIpc) is 3.49. The van der Waals surface area contributed by atoms with Gasteiger partial charge in [0.25, 0.3) is 0 Å². The summed E-state index contributed by atoms with van der Waals surface area (Å²) < 4.78 is 13.2. The third-order valence-corrected chi connectivity index (χ3v) is 5.56. The second kappa shape index (κ2) is 7.25. The molecule has 2 aromatic rings. The summed E-state index contributed by atoms with van der Waals surface area (Å²) in [5.74, 6) is 1.28. The number of anilines is 1. The molecule has 27 heavy (non-hydrogen) atoms. The van der Waals surface area contributed by atoms with Gasteiger partial charge in [-0.25, -0.2) is 14.4 Å². The highest BCUT2D eigenvalue weighted by Gasteiger charge is 2.51. The number of halogens is 1. The Morgan fingerprint density at radius 3 is 2.52 bits per heavy atom. The molecule has 1 aromatic heterocycles. The molecule has 5 nitrogen and oxygen atoms in total. The lowest BCUT2D eigenvalue weighted by atomic mass is 9.95. The maximum Gasteiger partial charge on any atom is 0.231 e. The van der Waals surface area contributed by atoms with Crippen LogP contribution in [-0.2, 0) is 16.8 Å². The van der Waals surface area contributed by atoms with E-state index in [2.05, 4.69) is 20.2 Å². The van der Waals surface area contributed by atoms with Crippen molar-refractivity contribution in [3.8, 4) is 0 Å². The average molecular weight is 368 g/mol. The van der Waals surface area contributed by atoms with Gasteiger partial charge in [-0.15, -0.1) is 0 Å². The highest BCUT2D eigenvalue weighted by atomic mass is 19.1. The summed E-state index contributed by atoms with van der Waals surface area (Å²) >= 11 is 0. The van der Waals surface area contributed by atoms with Gasteiger partial charge in [-0.2, -0.15) is 0 Å². The van der Waals surface area contributed by atoms with E-state index in [1.165, 1.54) is 31.4 Å². The number of carbonyl (C=O) groups is 1. The molecule has 1 aromatic carbocycles. The Hall–Kier alpha value is -2.50. The van der Waals surface area contributed by atoms with Gasteiger partial charge in [0.15, 0.2) is 0 Å². The molecule has 6 heteroatoms. The van der Waals surface area contributed by atoms with Crippen LogP contribution in [0.25, 0.3) is 0 Å². The van der Waals surface area contributed by atoms with Crippen molar-refractivity contribution in [2.45, 2.75) is 51.0 Å². The molecule has 0 unspecified atom stereocenters. The minimum absolute atomic E-state index is 0.0289. The fraction of sp³-hybridized carbons (Fsp3) is 0.476. The van der Waals surface area contributed by atoms with Crippen LogP contribution in [0.5, 0.6) is 0 Å². The Bertz CT molecular complexity index is 827. The van der Waals surface area contributed by atoms with Crippen molar-refractivity contribution in [1.82, 2.24) is 15.3 Å². The van der Waals surface area contributed by atoms with Gasteiger partial charge in [-0.05, 0) is 56.7 Å². The maximum absolute atomic E-state index is 13.2. The first kappa shape index (κ1) is 17.9. The van der Waals surface area contributed by atoms with E-state index in [9.17, 15) is 9.18 Å². The second-order valence-electron chi connectivity index (χ2n) is 7.60. The number of aromatic nitrogens is 2. The zero-order valence-corrected chi connectivity index (χ0v) is 15.7. The molecular formula is C21H25FN4O. The van der Waals surface area contributed by atoms with Crippen molar-refractivity contribution in [1.29, 1.82) is 0 Å². The predicted octanol–water partition coefficient (Wildman–Crippen LogP) is 3.26. The van der Waals surface area contributed by atoms with Crippen LogP contribution in [0, 0.1) is 12.7 Å². The van der Waals surface area contributed by atoms with E-state index in [0.717, 1.165) is 43.0 Å². The Kier molecular flexibility index (Phi) is 4.81. The van der Waals surface area contributed by atoms with Gasteiger partial charge < -0.3 is 10.2 Å². The number of carbonyl (C=O) groups excluding carboxylic acids is 1. The summed E-state index contributed by atoms with van der Waals surface area (Å²) in [7, 11) is 0. The van der Waals surface area contributed by atoms with Crippen LogP contribution in [0.15, 0.2) is 30.3 Å². The topological polar surface area (TPSA) is 58.1 Å². The fourth-order valence-corrected chi connectivity index (χ4v) is 3.85. The van der Waals surface area contributed by atoms with Crippen LogP contribution in [0.4, 0.5) is 10.2 Å². The van der Waals surface area contributed by atoms with E-state index in [1.807, 2.05) is 13.0 Å². The third kappa shape index (κ3) is 3.80. The third-order valence-electron chi connectivity index (χ3n) is 5.56. The Morgan fingerprint density at radius 2 is 1.85 bits per heavy atom. The van der Waals surface area contributed by atoms with E-state index in [-0.39, 0.29) is 11.7 Å². The summed E-state index contributed by atoms with van der Waals surface area (Å²) in [5, 5.41) is 3.00. The van der Waals surface area contributed by atoms with Crippen molar-refractivity contribution < 1.29 is 9.18 Å². The van der Waals surface area contributed by atoms with Crippen LogP contribution in [-0.4, -0.2) is 29.0 Å².